The van der Waals surface area contributed by atoms with Crippen LogP contribution < -0.4 is 10.6 Å². The maximum atomic E-state index is 11.7. The monoisotopic (exact) mass is 232 g/mol. The average molecular weight is 232 g/mol. The molecule has 0 bridgehead atoms. The van der Waals surface area contributed by atoms with Gasteiger partial charge in [0.25, 0.3) is 5.91 Å². The lowest BCUT2D eigenvalue weighted by Gasteiger charge is -2.24. The van der Waals surface area contributed by atoms with Gasteiger partial charge in [0.05, 0.1) is 0 Å². The van der Waals surface area contributed by atoms with Crippen molar-refractivity contribution < 1.29 is 9.59 Å². The molecule has 1 aliphatic carbocycles. The Hall–Kier alpha value is -1.84. The van der Waals surface area contributed by atoms with Crippen molar-refractivity contribution in [2.75, 3.05) is 12.4 Å². The lowest BCUT2D eigenvalue weighted by molar-refractivity contribution is -0.122. The zero-order valence-corrected chi connectivity index (χ0v) is 9.82. The molecule has 17 heavy (non-hydrogen) atoms. The van der Waals surface area contributed by atoms with Crippen LogP contribution in [0.2, 0.25) is 0 Å². The van der Waals surface area contributed by atoms with E-state index in [1.165, 1.54) is 0 Å². The summed E-state index contributed by atoms with van der Waals surface area (Å²) in [5, 5.41) is 5.41. The highest BCUT2D eigenvalue weighted by Gasteiger charge is 2.24. The van der Waals surface area contributed by atoms with Gasteiger partial charge in [0.2, 0.25) is 5.91 Å². The first-order valence-corrected chi connectivity index (χ1v) is 5.83. The summed E-state index contributed by atoms with van der Waals surface area (Å²) in [6, 6.07) is 6.91. The Morgan fingerprint density at radius 2 is 1.82 bits per heavy atom. The number of nitrogens with one attached hydrogen (secondary N) is 2. The molecule has 1 aliphatic rings. The molecular weight excluding hydrogens is 216 g/mol. The minimum absolute atomic E-state index is 0.0870. The van der Waals surface area contributed by atoms with Crippen LogP contribution in [0.15, 0.2) is 24.3 Å². The normalized spacial score (nSPS) is 14.9. The first kappa shape index (κ1) is 11.6. The highest BCUT2D eigenvalue weighted by molar-refractivity contribution is 5.96. The van der Waals surface area contributed by atoms with E-state index < -0.39 is 0 Å². The molecule has 4 heteroatoms. The first-order valence-electron chi connectivity index (χ1n) is 5.83. The summed E-state index contributed by atoms with van der Waals surface area (Å²) in [4.78, 5) is 23.0. The molecule has 2 amide bonds. The van der Waals surface area contributed by atoms with Crippen LogP contribution in [0.3, 0.4) is 0 Å². The molecule has 0 atom stereocenters. The third-order valence-electron chi connectivity index (χ3n) is 3.12. The van der Waals surface area contributed by atoms with Crippen molar-refractivity contribution in [3.63, 3.8) is 0 Å². The number of carbonyl (C=O) groups is 2. The number of benzene rings is 1. The maximum Gasteiger partial charge on any atom is 0.251 e. The van der Waals surface area contributed by atoms with Crippen molar-refractivity contribution in [2.24, 2.45) is 5.92 Å². The molecule has 2 rings (SSSR count). The van der Waals surface area contributed by atoms with Gasteiger partial charge >= 0.3 is 0 Å². The summed E-state index contributed by atoms with van der Waals surface area (Å²) < 4.78 is 0. The molecule has 1 aromatic rings. The van der Waals surface area contributed by atoms with Crippen molar-refractivity contribution in [2.45, 2.75) is 19.3 Å². The van der Waals surface area contributed by atoms with E-state index in [9.17, 15) is 9.59 Å². The molecule has 1 aromatic carbocycles. The summed E-state index contributed by atoms with van der Waals surface area (Å²) in [6.45, 7) is 0. The summed E-state index contributed by atoms with van der Waals surface area (Å²) in [5.74, 6) is 0.138. The first-order chi connectivity index (χ1) is 8.20. The van der Waals surface area contributed by atoms with E-state index in [1.807, 2.05) is 0 Å². The number of carbonyl (C=O) groups excluding carboxylic acids is 2. The quantitative estimate of drug-likeness (QED) is 0.834. The number of amides is 2. The summed E-state index contributed by atoms with van der Waals surface area (Å²) in [6.07, 6.45) is 3.12. The summed E-state index contributed by atoms with van der Waals surface area (Å²) in [5.41, 5.74) is 1.34. The Balaban J connectivity index is 1.97. The van der Waals surface area contributed by atoms with Crippen molar-refractivity contribution in [1.29, 1.82) is 0 Å². The van der Waals surface area contributed by atoms with Crippen LogP contribution in [0.25, 0.3) is 0 Å². The standard InChI is InChI=1S/C13H16N2O2/c1-14-12(16)10-5-7-11(8-6-10)15-13(17)9-3-2-4-9/h5-9H,2-4H2,1H3,(H,14,16)(H,15,17). The molecule has 0 radical (unpaired) electrons. The average Bonchev–Trinajstić information content (AvgIpc) is 2.26. The Bertz CT molecular complexity index is 422. The molecule has 90 valence electrons. The minimum Gasteiger partial charge on any atom is -0.355 e. The van der Waals surface area contributed by atoms with E-state index in [4.69, 9.17) is 0 Å². The van der Waals surface area contributed by atoms with Crippen LogP contribution in [0.1, 0.15) is 29.6 Å². The number of rotatable bonds is 3. The lowest BCUT2D eigenvalue weighted by Crippen LogP contribution is -2.28. The Morgan fingerprint density at radius 1 is 1.18 bits per heavy atom. The predicted octanol–water partition coefficient (Wildman–Crippen LogP) is 1.78. The van der Waals surface area contributed by atoms with Gasteiger partial charge in [0, 0.05) is 24.2 Å². The fraction of sp³-hybridized carbons (Fsp3) is 0.385. The molecule has 0 aliphatic heterocycles. The van der Waals surface area contributed by atoms with Crippen LogP contribution >= 0.6 is 0 Å². The number of anilines is 1. The minimum atomic E-state index is -0.123. The van der Waals surface area contributed by atoms with E-state index >= 15 is 0 Å². The zero-order chi connectivity index (χ0) is 12.3. The van der Waals surface area contributed by atoms with Gasteiger partial charge < -0.3 is 10.6 Å². The predicted molar refractivity (Wildman–Crippen MR) is 65.8 cm³/mol. The molecular formula is C13H16N2O2. The topological polar surface area (TPSA) is 58.2 Å². The Morgan fingerprint density at radius 3 is 2.29 bits per heavy atom. The van der Waals surface area contributed by atoms with Gasteiger partial charge in [-0.15, -0.1) is 0 Å². The van der Waals surface area contributed by atoms with Gasteiger partial charge in [0.1, 0.15) is 0 Å². The Kier molecular flexibility index (Phi) is 3.42. The van der Waals surface area contributed by atoms with Gasteiger partial charge in [0.15, 0.2) is 0 Å². The summed E-state index contributed by atoms with van der Waals surface area (Å²) in [7, 11) is 1.59. The van der Waals surface area contributed by atoms with E-state index in [0.29, 0.717) is 5.56 Å². The molecule has 0 unspecified atom stereocenters. The largest absolute Gasteiger partial charge is 0.355 e. The highest BCUT2D eigenvalue weighted by Crippen LogP contribution is 2.27. The second-order valence-electron chi connectivity index (χ2n) is 4.27. The second kappa shape index (κ2) is 4.99. The highest BCUT2D eigenvalue weighted by atomic mass is 16.2. The third-order valence-corrected chi connectivity index (χ3v) is 3.12. The van der Waals surface area contributed by atoms with E-state index in [1.54, 1.807) is 31.3 Å². The Labute approximate surface area is 100 Å². The second-order valence-corrected chi connectivity index (χ2v) is 4.27. The molecule has 0 heterocycles. The van der Waals surface area contributed by atoms with Crippen LogP contribution in [-0.4, -0.2) is 18.9 Å². The molecule has 0 spiro atoms. The smallest absolute Gasteiger partial charge is 0.251 e. The molecule has 0 saturated heterocycles. The van der Waals surface area contributed by atoms with Crippen molar-refractivity contribution in [1.82, 2.24) is 5.32 Å². The molecule has 1 saturated carbocycles. The lowest BCUT2D eigenvalue weighted by atomic mass is 9.85. The van der Waals surface area contributed by atoms with E-state index in [2.05, 4.69) is 10.6 Å². The maximum absolute atomic E-state index is 11.7. The molecule has 1 fully saturated rings. The molecule has 0 aromatic heterocycles. The van der Waals surface area contributed by atoms with Crippen LogP contribution in [-0.2, 0) is 4.79 Å². The van der Waals surface area contributed by atoms with Gasteiger partial charge in [-0.1, -0.05) is 6.42 Å². The van der Waals surface area contributed by atoms with Crippen molar-refractivity contribution in [3.05, 3.63) is 29.8 Å². The van der Waals surface area contributed by atoms with Crippen LogP contribution in [0, 0.1) is 5.92 Å². The van der Waals surface area contributed by atoms with E-state index in [0.717, 1.165) is 24.9 Å². The molecule has 4 nitrogen and oxygen atoms in total. The van der Waals surface area contributed by atoms with Gasteiger partial charge in [-0.3, -0.25) is 9.59 Å². The van der Waals surface area contributed by atoms with Crippen molar-refractivity contribution >= 4 is 17.5 Å². The number of hydrogen-bond acceptors (Lipinski definition) is 2. The van der Waals surface area contributed by atoms with Gasteiger partial charge in [-0.05, 0) is 37.1 Å². The SMILES string of the molecule is CNC(=O)c1ccc(NC(=O)C2CCC2)cc1. The van der Waals surface area contributed by atoms with Gasteiger partial charge in [-0.2, -0.15) is 0 Å². The van der Waals surface area contributed by atoms with Crippen molar-refractivity contribution in [3.8, 4) is 0 Å². The fourth-order valence-corrected chi connectivity index (χ4v) is 1.76. The number of hydrogen-bond donors (Lipinski definition) is 2. The van der Waals surface area contributed by atoms with Crippen LogP contribution in [0.4, 0.5) is 5.69 Å². The van der Waals surface area contributed by atoms with E-state index in [-0.39, 0.29) is 17.7 Å². The van der Waals surface area contributed by atoms with Gasteiger partial charge in [-0.25, -0.2) is 0 Å². The third kappa shape index (κ3) is 2.64. The fourth-order valence-electron chi connectivity index (χ4n) is 1.76. The summed E-state index contributed by atoms with van der Waals surface area (Å²) >= 11 is 0. The van der Waals surface area contributed by atoms with Crippen LogP contribution in [0.5, 0.6) is 0 Å². The zero-order valence-electron chi connectivity index (χ0n) is 9.82. The molecule has 2 N–H and O–H groups in total.